The number of anilines is 1. The molecular weight excluding hydrogens is 302 g/mol. The number of carbonyl (C=O) groups excluding carboxylic acids is 1. The van der Waals surface area contributed by atoms with Crippen LogP contribution in [0, 0.1) is 6.92 Å². The van der Waals surface area contributed by atoms with Gasteiger partial charge >= 0.3 is 5.97 Å². The highest BCUT2D eigenvalue weighted by Gasteiger charge is 2.21. The fourth-order valence-electron chi connectivity index (χ4n) is 2.29. The summed E-state index contributed by atoms with van der Waals surface area (Å²) in [6, 6.07) is 8.25. The third-order valence-electron chi connectivity index (χ3n) is 3.38. The van der Waals surface area contributed by atoms with E-state index in [0.29, 0.717) is 17.2 Å². The van der Waals surface area contributed by atoms with Gasteiger partial charge in [0.1, 0.15) is 4.88 Å². The lowest BCUT2D eigenvalue weighted by atomic mass is 10.1. The van der Waals surface area contributed by atoms with Gasteiger partial charge in [-0.25, -0.2) is 4.79 Å². The predicted molar refractivity (Wildman–Crippen MR) is 90.2 cm³/mol. The van der Waals surface area contributed by atoms with E-state index >= 15 is 0 Å². The number of hydrogen-bond acceptors (Lipinski definition) is 5. The van der Waals surface area contributed by atoms with Crippen LogP contribution in [0.1, 0.15) is 22.2 Å². The van der Waals surface area contributed by atoms with Crippen LogP contribution in [0.3, 0.4) is 0 Å². The van der Waals surface area contributed by atoms with Gasteiger partial charge in [-0.3, -0.25) is 0 Å². The molecule has 2 heterocycles. The Hall–Kier alpha value is -1.85. The first-order valence-electron chi connectivity index (χ1n) is 6.66. The third-order valence-corrected chi connectivity index (χ3v) is 5.66. The highest BCUT2D eigenvalue weighted by Crippen LogP contribution is 2.43. The van der Waals surface area contributed by atoms with Gasteiger partial charge < -0.3 is 10.5 Å². The summed E-state index contributed by atoms with van der Waals surface area (Å²) in [5.74, 6) is -0.339. The number of benzene rings is 1. The molecule has 0 radical (unpaired) electrons. The maximum atomic E-state index is 12.0. The van der Waals surface area contributed by atoms with Gasteiger partial charge in [0, 0.05) is 25.9 Å². The van der Waals surface area contributed by atoms with Gasteiger partial charge in [0.15, 0.2) is 0 Å². The van der Waals surface area contributed by atoms with E-state index in [1.807, 2.05) is 19.1 Å². The van der Waals surface area contributed by atoms with Crippen molar-refractivity contribution in [3.8, 4) is 10.4 Å². The van der Waals surface area contributed by atoms with Gasteiger partial charge in [-0.15, -0.1) is 22.7 Å². The molecule has 0 spiro atoms. The number of thiophene rings is 2. The average Bonchev–Trinajstić information content (AvgIpc) is 3.02. The van der Waals surface area contributed by atoms with E-state index in [9.17, 15) is 4.79 Å². The Balaban J connectivity index is 2.15. The molecule has 3 aromatic rings. The van der Waals surface area contributed by atoms with Crippen LogP contribution in [0.4, 0.5) is 5.69 Å². The van der Waals surface area contributed by atoms with Crippen molar-refractivity contribution >= 4 is 44.4 Å². The van der Waals surface area contributed by atoms with E-state index < -0.39 is 0 Å². The van der Waals surface area contributed by atoms with Crippen LogP contribution < -0.4 is 5.73 Å². The Bertz CT molecular complexity index is 817. The molecule has 0 saturated heterocycles. The number of hydrogen-bond donors (Lipinski definition) is 1. The van der Waals surface area contributed by atoms with Crippen LogP contribution in [0.15, 0.2) is 29.6 Å². The lowest BCUT2D eigenvalue weighted by Gasteiger charge is -1.99. The van der Waals surface area contributed by atoms with Crippen LogP contribution in [0.25, 0.3) is 20.5 Å². The molecule has 0 aliphatic carbocycles. The van der Waals surface area contributed by atoms with Crippen molar-refractivity contribution in [1.29, 1.82) is 0 Å². The Kier molecular flexibility index (Phi) is 3.69. The summed E-state index contributed by atoms with van der Waals surface area (Å²) in [4.78, 5) is 13.5. The van der Waals surface area contributed by atoms with E-state index in [0.717, 1.165) is 16.0 Å². The molecule has 1 aromatic carbocycles. The smallest absolute Gasteiger partial charge is 0.350 e. The molecule has 3 rings (SSSR count). The monoisotopic (exact) mass is 317 g/mol. The Morgan fingerprint density at radius 1 is 1.33 bits per heavy atom. The molecule has 0 atom stereocenters. The minimum Gasteiger partial charge on any atom is -0.462 e. The van der Waals surface area contributed by atoms with Crippen molar-refractivity contribution < 1.29 is 9.53 Å². The fourth-order valence-corrected chi connectivity index (χ4v) is 4.46. The van der Waals surface area contributed by atoms with Crippen LogP contribution in [0.5, 0.6) is 0 Å². The average molecular weight is 317 g/mol. The number of ether oxygens (including phenoxy) is 1. The normalized spacial score (nSPS) is 11.0. The standard InChI is InChI=1S/C16H15NO2S2/c1-3-19-16(18)15-13(17)9(2)14(21-15)11-8-20-12-7-5-4-6-10(11)12/h4-8H,3,17H2,1-2H3. The molecule has 21 heavy (non-hydrogen) atoms. The first-order valence-corrected chi connectivity index (χ1v) is 8.35. The highest BCUT2D eigenvalue weighted by atomic mass is 32.1. The zero-order chi connectivity index (χ0) is 15.0. The Morgan fingerprint density at radius 3 is 2.86 bits per heavy atom. The molecule has 5 heteroatoms. The molecule has 0 fully saturated rings. The van der Waals surface area contributed by atoms with Crippen LogP contribution >= 0.6 is 22.7 Å². The summed E-state index contributed by atoms with van der Waals surface area (Å²) in [6.45, 7) is 4.10. The zero-order valence-electron chi connectivity index (χ0n) is 11.8. The number of fused-ring (bicyclic) bond motifs is 1. The summed E-state index contributed by atoms with van der Waals surface area (Å²) in [7, 11) is 0. The van der Waals surface area contributed by atoms with Gasteiger partial charge in [0.05, 0.1) is 12.3 Å². The second kappa shape index (κ2) is 5.50. The Labute approximate surface area is 131 Å². The molecule has 0 aliphatic heterocycles. The molecule has 0 bridgehead atoms. The predicted octanol–water partition coefficient (Wildman–Crippen LogP) is 4.70. The lowest BCUT2D eigenvalue weighted by molar-refractivity contribution is 0.0533. The van der Waals surface area contributed by atoms with Gasteiger partial charge in [0.25, 0.3) is 0 Å². The molecule has 2 N–H and O–H groups in total. The van der Waals surface area contributed by atoms with E-state index in [-0.39, 0.29) is 5.97 Å². The van der Waals surface area contributed by atoms with Crippen molar-refractivity contribution in [2.24, 2.45) is 0 Å². The van der Waals surface area contributed by atoms with E-state index in [2.05, 4.69) is 17.5 Å². The third kappa shape index (κ3) is 2.32. The van der Waals surface area contributed by atoms with Crippen molar-refractivity contribution in [3.05, 3.63) is 40.1 Å². The number of nitrogens with two attached hydrogens (primary N) is 1. The summed E-state index contributed by atoms with van der Waals surface area (Å²) in [5.41, 5.74) is 8.72. The molecule has 0 amide bonds. The number of esters is 1. The zero-order valence-corrected chi connectivity index (χ0v) is 13.4. The molecular formula is C16H15NO2S2. The van der Waals surface area contributed by atoms with Crippen molar-refractivity contribution in [2.75, 3.05) is 12.3 Å². The van der Waals surface area contributed by atoms with Gasteiger partial charge in [-0.05, 0) is 25.5 Å². The fraction of sp³-hybridized carbons (Fsp3) is 0.188. The number of rotatable bonds is 3. The topological polar surface area (TPSA) is 52.3 Å². The Morgan fingerprint density at radius 2 is 2.10 bits per heavy atom. The SMILES string of the molecule is CCOC(=O)c1sc(-c2csc3ccccc23)c(C)c1N. The number of carbonyl (C=O) groups is 1. The molecule has 0 saturated carbocycles. The summed E-state index contributed by atoms with van der Waals surface area (Å²) >= 11 is 3.11. The van der Waals surface area contributed by atoms with E-state index in [1.54, 1.807) is 18.3 Å². The molecule has 0 unspecified atom stereocenters. The molecule has 108 valence electrons. The van der Waals surface area contributed by atoms with Gasteiger partial charge in [-0.2, -0.15) is 0 Å². The first-order chi connectivity index (χ1) is 10.1. The maximum absolute atomic E-state index is 12.0. The lowest BCUT2D eigenvalue weighted by Crippen LogP contribution is -2.05. The van der Waals surface area contributed by atoms with Crippen LogP contribution in [0.2, 0.25) is 0 Å². The van der Waals surface area contributed by atoms with Crippen molar-refractivity contribution in [1.82, 2.24) is 0 Å². The second-order valence-corrected chi connectivity index (χ2v) is 6.60. The van der Waals surface area contributed by atoms with E-state index in [4.69, 9.17) is 10.5 Å². The van der Waals surface area contributed by atoms with Crippen molar-refractivity contribution in [2.45, 2.75) is 13.8 Å². The quantitative estimate of drug-likeness (QED) is 0.713. The minimum atomic E-state index is -0.339. The first kappa shape index (κ1) is 14.1. The summed E-state index contributed by atoms with van der Waals surface area (Å²) in [6.07, 6.45) is 0. The minimum absolute atomic E-state index is 0.339. The second-order valence-electron chi connectivity index (χ2n) is 4.66. The van der Waals surface area contributed by atoms with Crippen molar-refractivity contribution in [3.63, 3.8) is 0 Å². The van der Waals surface area contributed by atoms with Crippen LogP contribution in [-0.2, 0) is 4.74 Å². The molecule has 2 aromatic heterocycles. The summed E-state index contributed by atoms with van der Waals surface area (Å²) in [5, 5.41) is 3.32. The van der Waals surface area contributed by atoms with E-state index in [1.165, 1.54) is 21.4 Å². The number of nitrogen functional groups attached to an aromatic ring is 1. The largest absolute Gasteiger partial charge is 0.462 e. The maximum Gasteiger partial charge on any atom is 0.350 e. The van der Waals surface area contributed by atoms with Crippen LogP contribution in [-0.4, -0.2) is 12.6 Å². The highest BCUT2D eigenvalue weighted by molar-refractivity contribution is 7.20. The molecule has 3 nitrogen and oxygen atoms in total. The molecule has 0 aliphatic rings. The van der Waals surface area contributed by atoms with Gasteiger partial charge in [-0.1, -0.05) is 18.2 Å². The summed E-state index contributed by atoms with van der Waals surface area (Å²) < 4.78 is 6.31. The van der Waals surface area contributed by atoms with Gasteiger partial charge in [0.2, 0.25) is 0 Å².